The second kappa shape index (κ2) is 16.9. The molecule has 3 heterocycles. The molecule has 6 heteroatoms. The molecule has 5 nitrogen and oxygen atoms in total. The fourth-order valence-corrected chi connectivity index (χ4v) is 10.6. The molecule has 0 radical (unpaired) electrons. The fraction of sp³-hybridized carbons (Fsp3) is 0.172. The number of hydrogen-bond acceptors (Lipinski definition) is 3. The monoisotopic (exact) mass is 1020 g/mol. The van der Waals surface area contributed by atoms with Gasteiger partial charge in [0, 0.05) is 6.20 Å². The molecule has 2 aromatic heterocycles. The second-order valence-corrected chi connectivity index (χ2v) is 19.0. The molecule has 10 rings (SSSR count). The van der Waals surface area contributed by atoms with Gasteiger partial charge in [-0.15, -0.1) is 0 Å². The molecule has 0 atom stereocenters. The zero-order chi connectivity index (χ0) is 44.1. The van der Waals surface area contributed by atoms with Gasteiger partial charge in [0.1, 0.15) is 0 Å². The maximum absolute atomic E-state index is 7.13. The van der Waals surface area contributed by atoms with E-state index in [1.807, 2.05) is 6.20 Å². The van der Waals surface area contributed by atoms with Crippen LogP contribution < -0.4 is 9.64 Å². The van der Waals surface area contributed by atoms with Crippen molar-refractivity contribution < 1.29 is 24.1 Å². The van der Waals surface area contributed by atoms with Crippen molar-refractivity contribution in [1.82, 2.24) is 14.1 Å². The van der Waals surface area contributed by atoms with Gasteiger partial charge in [-0.05, 0) is 17.0 Å². The quantitative estimate of drug-likeness (QED) is 0.152. The number of imidazole rings is 1. The van der Waals surface area contributed by atoms with Crippen LogP contribution in [-0.4, -0.2) is 20.7 Å². The van der Waals surface area contributed by atoms with E-state index in [2.05, 4.69) is 239 Å². The van der Waals surface area contributed by atoms with Crippen LogP contribution in [0.3, 0.4) is 0 Å². The summed E-state index contributed by atoms with van der Waals surface area (Å²) in [7, 11) is 0. The molecule has 0 fully saturated rings. The van der Waals surface area contributed by atoms with Gasteiger partial charge in [0.2, 0.25) is 0 Å². The van der Waals surface area contributed by atoms with Crippen LogP contribution in [0.15, 0.2) is 170 Å². The van der Waals surface area contributed by atoms with Crippen LogP contribution >= 0.6 is 0 Å². The van der Waals surface area contributed by atoms with E-state index in [1.165, 1.54) is 55.8 Å². The van der Waals surface area contributed by atoms with Crippen molar-refractivity contribution >= 4 is 22.5 Å². The number of ether oxygens (including phenoxy) is 1. The van der Waals surface area contributed by atoms with Gasteiger partial charge in [-0.1, -0.05) is 20.8 Å². The summed E-state index contributed by atoms with van der Waals surface area (Å²) in [5.41, 5.74) is 19.1. The van der Waals surface area contributed by atoms with Gasteiger partial charge < -0.3 is 0 Å². The first-order chi connectivity index (χ1) is 31.1. The van der Waals surface area contributed by atoms with E-state index in [-0.39, 0.29) is 5.41 Å². The minimum atomic E-state index is 0.0152. The first kappa shape index (κ1) is 41.5. The molecule has 0 aliphatic carbocycles. The number of anilines is 2. The number of hydrogen-bond donors (Lipinski definition) is 0. The van der Waals surface area contributed by atoms with Crippen LogP contribution in [0.2, 0.25) is 0 Å². The summed E-state index contributed by atoms with van der Waals surface area (Å²) < 4.78 is 13.0. The molecule has 0 amide bonds. The average molecular weight is 1020 g/mol. The summed E-state index contributed by atoms with van der Waals surface area (Å²) in [6, 6.07) is 58.7. The molecule has 1 aliphatic heterocycles. The molecule has 0 saturated carbocycles. The Hall–Kier alpha value is -6.55. The van der Waals surface area contributed by atoms with Crippen molar-refractivity contribution in [2.75, 3.05) is 11.4 Å². The van der Waals surface area contributed by atoms with Gasteiger partial charge in [-0.25, -0.2) is 0 Å². The zero-order valence-electron chi connectivity index (χ0n) is 37.3. The zero-order valence-corrected chi connectivity index (χ0v) is 39.6. The molecule has 0 saturated heterocycles. The SMILES string of the molecule is Cc1c(C)c(-c2ccccc2)c(-n2[c](=[Pt])n(-c3cccc(Oc4cc5c(cc4-c4ccccc4)CCCN5c4cc(C(C)(C)C)ccn4)c3)c3ccccc32)c(-c2ccccc2)c1C. The summed E-state index contributed by atoms with van der Waals surface area (Å²) in [5, 5.41) is 0. The standard InChI is InChI=1S/C58H52N4O.Pt/c1-39-40(2)55(43-22-12-8-13-23-43)57(56(41(39)3)44-24-14-9-15-25-44)62-38-61(50-29-16-17-30-51(50)62)47-27-18-28-48(36-47)63-53-37-52-45(34-49(53)42-20-10-7-11-21-42)26-19-33-60(52)54-35-46(31-32-59-54)58(4,5)6;/h7-18,20-25,27-32,34-37H,19,26,33H2,1-6H3;. The van der Waals surface area contributed by atoms with E-state index < -0.39 is 0 Å². The number of pyridine rings is 1. The Kier molecular flexibility index (Phi) is 10.9. The van der Waals surface area contributed by atoms with Crippen molar-refractivity contribution in [2.24, 2.45) is 0 Å². The molecule has 0 unspecified atom stereocenters. The Labute approximate surface area is 387 Å². The van der Waals surface area contributed by atoms with Crippen LogP contribution in [0.5, 0.6) is 11.5 Å². The summed E-state index contributed by atoms with van der Waals surface area (Å²) in [5.74, 6) is 2.55. The van der Waals surface area contributed by atoms with Gasteiger partial charge >= 0.3 is 346 Å². The summed E-state index contributed by atoms with van der Waals surface area (Å²) in [6.45, 7) is 14.5. The molecule has 7 aromatic carbocycles. The molecular weight excluding hydrogens is 964 g/mol. The van der Waals surface area contributed by atoms with Gasteiger partial charge in [-0.3, -0.25) is 0 Å². The average Bonchev–Trinajstić information content (AvgIpc) is 3.62. The van der Waals surface area contributed by atoms with Crippen molar-refractivity contribution in [3.05, 3.63) is 202 Å². The van der Waals surface area contributed by atoms with Crippen LogP contribution in [0.25, 0.3) is 55.8 Å². The van der Waals surface area contributed by atoms with E-state index in [0.29, 0.717) is 0 Å². The molecule has 0 bridgehead atoms. The number of para-hydroxylation sites is 2. The van der Waals surface area contributed by atoms with Crippen LogP contribution in [-0.2, 0) is 31.2 Å². The predicted molar refractivity (Wildman–Crippen MR) is 261 cm³/mol. The summed E-state index contributed by atoms with van der Waals surface area (Å²) >= 11 is 2.54. The topological polar surface area (TPSA) is 35.2 Å². The molecule has 1 aliphatic rings. The van der Waals surface area contributed by atoms with Crippen LogP contribution in [0.4, 0.5) is 11.5 Å². The third-order valence-corrected chi connectivity index (χ3v) is 14.0. The van der Waals surface area contributed by atoms with Crippen molar-refractivity contribution in [2.45, 2.75) is 59.8 Å². The molecule has 64 heavy (non-hydrogen) atoms. The number of nitrogens with zero attached hydrogens (tertiary/aromatic N) is 4. The Morgan fingerprint density at radius 1 is 0.594 bits per heavy atom. The van der Waals surface area contributed by atoms with E-state index in [1.54, 1.807) is 0 Å². The molecule has 0 spiro atoms. The molecule has 0 N–H and O–H groups in total. The minimum absolute atomic E-state index is 0.0152. The van der Waals surface area contributed by atoms with Gasteiger partial charge in [0.25, 0.3) is 0 Å². The molecule has 320 valence electrons. The Balaban J connectivity index is 1.14. The Morgan fingerprint density at radius 3 is 1.81 bits per heavy atom. The predicted octanol–water partition coefficient (Wildman–Crippen LogP) is 15.0. The first-order valence-electron chi connectivity index (χ1n) is 22.2. The van der Waals surface area contributed by atoms with Crippen molar-refractivity contribution in [3.63, 3.8) is 0 Å². The third-order valence-electron chi connectivity index (χ3n) is 13.0. The number of aromatic nitrogens is 3. The van der Waals surface area contributed by atoms with E-state index in [0.717, 1.165) is 74.0 Å². The number of rotatable bonds is 8. The maximum atomic E-state index is 7.13. The van der Waals surface area contributed by atoms with Crippen molar-refractivity contribution in [3.8, 4) is 56.3 Å². The van der Waals surface area contributed by atoms with Crippen molar-refractivity contribution in [1.29, 1.82) is 0 Å². The van der Waals surface area contributed by atoms with Gasteiger partial charge in [0.15, 0.2) is 0 Å². The number of fused-ring (bicyclic) bond motifs is 2. The summed E-state index contributed by atoms with van der Waals surface area (Å²) in [4.78, 5) is 7.29. The fourth-order valence-electron chi connectivity index (χ4n) is 9.47. The summed E-state index contributed by atoms with van der Waals surface area (Å²) in [6.07, 6.45) is 4.00. The van der Waals surface area contributed by atoms with Gasteiger partial charge in [0.05, 0.1) is 0 Å². The number of benzene rings is 7. The van der Waals surface area contributed by atoms with Crippen LogP contribution in [0, 0.1) is 24.6 Å². The van der Waals surface area contributed by atoms with E-state index >= 15 is 0 Å². The van der Waals surface area contributed by atoms with Crippen LogP contribution in [0.1, 0.15) is 55.0 Å². The second-order valence-electron chi connectivity index (χ2n) is 18.0. The van der Waals surface area contributed by atoms with E-state index in [4.69, 9.17) is 9.72 Å². The molecular formula is C58H52N4OPt. The van der Waals surface area contributed by atoms with E-state index in [9.17, 15) is 0 Å². The Bertz CT molecular complexity index is 3190. The Morgan fingerprint density at radius 2 is 1.19 bits per heavy atom. The third kappa shape index (κ3) is 7.46. The molecule has 9 aromatic rings. The normalized spacial score (nSPS) is 12.7. The first-order valence-corrected chi connectivity index (χ1v) is 23.4. The number of aryl methyl sites for hydroxylation is 1. The van der Waals surface area contributed by atoms with Gasteiger partial charge in [-0.2, -0.15) is 0 Å².